The fourth-order valence-electron chi connectivity index (χ4n) is 9.73. The van der Waals surface area contributed by atoms with Crippen molar-refractivity contribution in [2.24, 2.45) is 17.4 Å². The molecule has 5 aromatic carbocycles. The number of hydrogen-bond donors (Lipinski definition) is 5. The SMILES string of the molecule is CCOC(=O)CC(=O)CCC(C)=O.COC(Cl)Cl.N=C(N)N.O=C=O.O=C=O.O=C=O.O=P(Cl)(Cl)Cl.[C-]#[N+]Cc1ccc(OC)c(/C=C(\C(=O)CCCC)C(=O)OCC)c1.[C-]#[N+]Cc1ccc(OC)c(C=O)c1.[C-]#[N+]Cc1ccc(OC)c(CC(C(=O)CCCC)C(=O)OCC)c1.[C-]#[N+]Cc1ccc(OC)c(Cc2c(CC)nc(N)[nH]c2=O)c1.[C-]#[N+]Cc1ccc(OC)cc1. The summed E-state index contributed by atoms with van der Waals surface area (Å²) in [6.45, 7) is 48.9. The van der Waals surface area contributed by atoms with Crippen LogP contribution in [0.25, 0.3) is 30.3 Å². The number of halogens is 5. The van der Waals surface area contributed by atoms with Crippen LogP contribution in [0, 0.1) is 44.2 Å². The molecule has 6 aromatic rings. The number of hydrogen-bond acceptors (Lipinski definition) is 28. The maximum Gasteiger partial charge on any atom is 0.373 e. The molecule has 0 radical (unpaired) electrons. The number of anilines is 1. The van der Waals surface area contributed by atoms with E-state index in [0.717, 1.165) is 70.2 Å². The molecular weight excluding hydrogens is 1820 g/mol. The van der Waals surface area contributed by atoms with E-state index in [4.69, 9.17) is 129 Å². The van der Waals surface area contributed by atoms with E-state index in [2.05, 4.69) is 88.9 Å². The number of ketones is 4. The number of aldehydes is 1. The number of Topliss-reactive ketones (excluding diaryl/α,β-unsaturated/α-hetero) is 4. The lowest BCUT2D eigenvalue weighted by Gasteiger charge is -2.16. The van der Waals surface area contributed by atoms with Gasteiger partial charge in [-0.25, -0.2) is 42.6 Å². The fraction of sp³-hybridized carbons (Fsp3) is 0.398. The summed E-state index contributed by atoms with van der Waals surface area (Å²) in [7, 11) is 9.22. The number of benzene rings is 5. The highest BCUT2D eigenvalue weighted by molar-refractivity contribution is 8.24. The summed E-state index contributed by atoms with van der Waals surface area (Å²) < 4.78 is 54.4. The predicted molar refractivity (Wildman–Crippen MR) is 486 cm³/mol. The molecule has 1 atom stereocenters. The van der Waals surface area contributed by atoms with Gasteiger partial charge in [-0.05, 0) is 201 Å². The molecule has 8 N–H and O–H groups in total. The number of carbonyl (C=O) groups is 8. The number of carbonyl (C=O) groups excluding carboxylic acids is 14. The van der Waals surface area contributed by atoms with Crippen molar-refractivity contribution in [1.29, 1.82) is 5.41 Å². The number of alkyl halides is 2. The van der Waals surface area contributed by atoms with E-state index in [1.165, 1.54) is 34.3 Å². The summed E-state index contributed by atoms with van der Waals surface area (Å²) in [5.74, 6) is -0.0900. The number of rotatable bonds is 36. The van der Waals surface area contributed by atoms with Gasteiger partial charge >= 0.3 is 41.6 Å². The first-order valence-corrected chi connectivity index (χ1v) is 43.6. The van der Waals surface area contributed by atoms with Crippen LogP contribution < -0.4 is 46.4 Å². The summed E-state index contributed by atoms with van der Waals surface area (Å²) in [6.07, 6.45) is 8.23. The van der Waals surface area contributed by atoms with Crippen LogP contribution in [-0.4, -0.2) is 149 Å². The number of H-pyrrole nitrogens is 1. The number of nitrogens with two attached hydrogens (primary N) is 3. The molecule has 0 aliphatic heterocycles. The van der Waals surface area contributed by atoms with E-state index in [9.17, 15) is 47.7 Å². The van der Waals surface area contributed by atoms with E-state index in [0.29, 0.717) is 97.1 Å². The first-order valence-electron chi connectivity index (χ1n) is 38.3. The maximum absolute atomic E-state index is 12.4. The van der Waals surface area contributed by atoms with Crippen molar-refractivity contribution in [2.75, 3.05) is 68.2 Å². The average molecular weight is 1930 g/mol. The quantitative estimate of drug-likeness (QED) is 0.00208. The highest BCUT2D eigenvalue weighted by Crippen LogP contribution is 2.61. The lowest BCUT2D eigenvalue weighted by Crippen LogP contribution is -2.28. The van der Waals surface area contributed by atoms with Crippen molar-refractivity contribution in [3.05, 3.63) is 231 Å². The van der Waals surface area contributed by atoms with Crippen molar-refractivity contribution >= 4 is 146 Å². The van der Waals surface area contributed by atoms with Crippen molar-refractivity contribution in [3.63, 3.8) is 0 Å². The fourth-order valence-corrected chi connectivity index (χ4v) is 9.73. The average Bonchev–Trinajstić information content (AvgIpc) is 0.805. The van der Waals surface area contributed by atoms with Crippen LogP contribution in [0.15, 0.2) is 107 Å². The second kappa shape index (κ2) is 81.5. The van der Waals surface area contributed by atoms with Crippen LogP contribution in [0.2, 0.25) is 0 Å². The van der Waals surface area contributed by atoms with Crippen LogP contribution in [0.1, 0.15) is 172 Å². The van der Waals surface area contributed by atoms with Crippen molar-refractivity contribution in [1.82, 2.24) is 9.97 Å². The number of methoxy groups -OCH3 is 6. The Bertz CT molecular complexity index is 4900. The van der Waals surface area contributed by atoms with Crippen molar-refractivity contribution < 1.29 is 114 Å². The number of aromatic amines is 1. The molecule has 0 fully saturated rings. The molecule has 0 saturated carbocycles. The molecule has 0 bridgehead atoms. The smallest absolute Gasteiger partial charge is 0.373 e. The molecule has 130 heavy (non-hydrogen) atoms. The van der Waals surface area contributed by atoms with Crippen LogP contribution in [0.3, 0.4) is 0 Å². The van der Waals surface area contributed by atoms with Crippen LogP contribution in [0.5, 0.6) is 28.7 Å². The Hall–Kier alpha value is -13.2. The molecule has 704 valence electrons. The highest BCUT2D eigenvalue weighted by atomic mass is 36.0. The molecule has 1 heterocycles. The summed E-state index contributed by atoms with van der Waals surface area (Å²) in [5.41, 5.74) is 22.6. The molecule has 0 aliphatic carbocycles. The van der Waals surface area contributed by atoms with Crippen molar-refractivity contribution in [3.8, 4) is 28.7 Å². The van der Waals surface area contributed by atoms with Gasteiger partial charge in [0.25, 0.3) is 5.56 Å². The van der Waals surface area contributed by atoms with Crippen molar-refractivity contribution in [2.45, 2.75) is 163 Å². The van der Waals surface area contributed by atoms with E-state index in [-0.39, 0.29) is 123 Å². The third-order valence-electron chi connectivity index (χ3n) is 15.3. The Morgan fingerprint density at radius 2 is 0.946 bits per heavy atom. The number of nitrogens with zero attached hydrogens (tertiary/aromatic N) is 6. The van der Waals surface area contributed by atoms with Gasteiger partial charge in [0.1, 0.15) is 64.0 Å². The number of unbranched alkanes of at least 4 members (excludes halogenated alkanes) is 2. The molecule has 42 heteroatoms. The molecule has 0 amide bonds. The van der Waals surface area contributed by atoms with Gasteiger partial charge in [0.2, 0.25) is 43.7 Å². The van der Waals surface area contributed by atoms with Gasteiger partial charge < -0.3 is 88.9 Å². The van der Waals surface area contributed by atoms with Crippen LogP contribution >= 0.6 is 62.1 Å². The molecule has 6 rings (SSSR count). The molecule has 0 aliphatic rings. The highest BCUT2D eigenvalue weighted by Gasteiger charge is 2.29. The first-order chi connectivity index (χ1) is 61.7. The number of nitrogens with one attached hydrogen (secondary N) is 2. The second-order valence-electron chi connectivity index (χ2n) is 24.6. The van der Waals surface area contributed by atoms with Gasteiger partial charge in [0.05, 0.1) is 66.6 Å². The number of nitrogen functional groups attached to an aromatic ring is 1. The number of guanidine groups is 1. The Kier molecular flexibility index (Phi) is 80.0. The Morgan fingerprint density at radius 3 is 1.33 bits per heavy atom. The summed E-state index contributed by atoms with van der Waals surface area (Å²) in [6, 6.07) is 28.9. The van der Waals surface area contributed by atoms with Gasteiger partial charge in [-0.3, -0.25) is 48.5 Å². The number of esters is 3. The monoisotopic (exact) mass is 1920 g/mol. The lowest BCUT2D eigenvalue weighted by molar-refractivity contribution is -0.193. The van der Waals surface area contributed by atoms with E-state index >= 15 is 0 Å². The largest absolute Gasteiger partial charge is 0.497 e. The Labute approximate surface area is 780 Å². The Morgan fingerprint density at radius 1 is 0.562 bits per heavy atom. The van der Waals surface area contributed by atoms with Crippen LogP contribution in [0.4, 0.5) is 5.95 Å². The minimum atomic E-state index is -3.22. The van der Waals surface area contributed by atoms with Gasteiger partial charge in [-0.1, -0.05) is 56.8 Å². The maximum atomic E-state index is 12.4. The lowest BCUT2D eigenvalue weighted by atomic mass is 9.91. The minimum Gasteiger partial charge on any atom is -0.497 e. The number of aromatic nitrogens is 2. The first kappa shape index (κ1) is 128. The zero-order valence-electron chi connectivity index (χ0n) is 74.1. The molecule has 1 unspecified atom stereocenters. The van der Waals surface area contributed by atoms with Gasteiger partial charge in [-0.2, -0.15) is 28.8 Å². The summed E-state index contributed by atoms with van der Waals surface area (Å²) in [5, 5.41) is 2.16. The second-order valence-corrected chi connectivity index (χ2v) is 32.3. The van der Waals surface area contributed by atoms with Gasteiger partial charge in [0, 0.05) is 78.2 Å². The van der Waals surface area contributed by atoms with E-state index in [1.54, 1.807) is 84.6 Å². The number of aryl methyl sites for hydroxylation is 1. The predicted octanol–water partition coefficient (Wildman–Crippen LogP) is 15.6. The normalized spacial score (nSPS) is 9.60. The molecule has 36 nitrogen and oxygen atoms in total. The number of ether oxygens (including phenoxy) is 9. The molecule has 0 saturated heterocycles. The summed E-state index contributed by atoms with van der Waals surface area (Å²) >= 11 is 23.9. The Balaban J connectivity index is -0.000000343. The topological polar surface area (TPSA) is 509 Å². The molecule has 1 aromatic heterocycles. The van der Waals surface area contributed by atoms with E-state index < -0.39 is 34.0 Å². The zero-order valence-corrected chi connectivity index (χ0v) is 78.8. The molecular formula is C88H107Cl5N11O25P. The standard InChI is InChI=1S/C19H25NO4.C19H23NO4.C16H18N4O2.C10H9NO2.C9H9NO.C9H14O4.C2H4Cl2O.CH5N3.3CO2.Cl3OP/c2*1-5-7-8-17(21)16(19(22)24-6-2)12-15-11-14(13-20-3)9-10-18(15)23-4;1-4-13-12(15(21)20-16(17)19-13)8-11-7-10(9-18-2)5-6-14(11)22-3;1-11-6-8-3-4-10(13-2)9(5-8)7-12;1-10-7-8-3-5-9(11-2)6-4-8;1-3-13-9(12)6-8(11)5-4-7(2)10;1-5-2(3)4;2-1(3)4;3*2-1-3;1-5(2,3)4/h9-11,16H,5-8,12-13H2,1-2,4H3;9-12H,5-8,13H2,1-2,4H3;5-7H,4,8-9H2,1,3H3,(H3,17,19,20,21);3-5,7H,6H2,2H3;3-6H,7H2,2H3;3-6H2,1-2H3;2H,1H3;(H5,2,3,4);;;;/b;16-12+;;;;;;;;;;. The third kappa shape index (κ3) is 66.2. The third-order valence-corrected chi connectivity index (χ3v) is 15.6. The van der Waals surface area contributed by atoms with Crippen LogP contribution in [-0.2, 0) is 138 Å². The van der Waals surface area contributed by atoms with E-state index in [1.807, 2.05) is 75.4 Å². The minimum absolute atomic E-state index is 0.0172. The zero-order chi connectivity index (χ0) is 101. The van der Waals surface area contributed by atoms with Gasteiger partial charge in [0.15, 0.2) is 18.0 Å². The molecule has 0 spiro atoms. The summed E-state index contributed by atoms with van der Waals surface area (Å²) in [4.78, 5) is 176. The van der Waals surface area contributed by atoms with Gasteiger partial charge in [-0.15, -0.1) is 0 Å².